The number of hydrogen-bond donors (Lipinski definition) is 4. The Morgan fingerprint density at radius 2 is 1.45 bits per heavy atom. The van der Waals surface area contributed by atoms with E-state index in [0.29, 0.717) is 46.1 Å². The maximum atomic E-state index is 12.5. The standard InChI is InChI=1S/C32H39N4O7P/c1-6-35(7-2)24-11-9-21(10-12-24)29-30(34-32(33-29)22-18-27(42-4)31(38)28(19-22)43-5)26-14-13-25(17-23(26)20-37)36(8-3)15-16-44(39,40)41/h9-14,17-20,38H,6-8,15-16H2,1-5H3,(H,33,34)(H2,39,40,41). The maximum absolute atomic E-state index is 12.5. The number of phenolic OH excluding ortho intramolecular Hbond substituents is 1. The summed E-state index contributed by atoms with van der Waals surface area (Å²) >= 11 is 0. The number of aromatic amines is 1. The van der Waals surface area contributed by atoms with Crippen LogP contribution in [-0.2, 0) is 4.57 Å². The molecule has 0 unspecified atom stereocenters. The van der Waals surface area contributed by atoms with Crippen molar-refractivity contribution in [3.8, 4) is 51.2 Å². The zero-order chi connectivity index (χ0) is 32.0. The first-order chi connectivity index (χ1) is 21.1. The van der Waals surface area contributed by atoms with Crippen LogP contribution in [0.3, 0.4) is 0 Å². The third-order valence-corrected chi connectivity index (χ3v) is 8.35. The molecule has 0 aliphatic rings. The first-order valence-corrected chi connectivity index (χ1v) is 16.2. The third-order valence-electron chi connectivity index (χ3n) is 7.57. The summed E-state index contributed by atoms with van der Waals surface area (Å²) in [6.07, 6.45) is 0.464. The summed E-state index contributed by atoms with van der Waals surface area (Å²) in [6.45, 7) is 8.47. The summed E-state index contributed by atoms with van der Waals surface area (Å²) in [7, 11) is -1.29. The predicted molar refractivity (Wildman–Crippen MR) is 173 cm³/mol. The fourth-order valence-electron chi connectivity index (χ4n) is 5.16. The number of imidazole rings is 1. The molecule has 11 nitrogen and oxygen atoms in total. The van der Waals surface area contributed by atoms with Gasteiger partial charge in [-0.3, -0.25) is 9.36 Å². The van der Waals surface area contributed by atoms with Crippen molar-refractivity contribution < 1.29 is 33.7 Å². The molecule has 3 aromatic carbocycles. The summed E-state index contributed by atoms with van der Waals surface area (Å²) in [4.78, 5) is 43.6. The number of hydrogen-bond acceptors (Lipinski definition) is 8. The van der Waals surface area contributed by atoms with Crippen LogP contribution >= 0.6 is 7.60 Å². The highest BCUT2D eigenvalue weighted by molar-refractivity contribution is 7.51. The molecule has 4 rings (SSSR count). The minimum atomic E-state index is -4.19. The van der Waals surface area contributed by atoms with Crippen LogP contribution in [0.5, 0.6) is 17.2 Å². The van der Waals surface area contributed by atoms with Crippen LogP contribution in [0, 0.1) is 0 Å². The highest BCUT2D eigenvalue weighted by Gasteiger charge is 2.22. The number of rotatable bonds is 14. The summed E-state index contributed by atoms with van der Waals surface area (Å²) in [6, 6.07) is 16.7. The molecule has 0 aliphatic heterocycles. The Labute approximate surface area is 257 Å². The van der Waals surface area contributed by atoms with E-state index in [1.165, 1.54) is 14.2 Å². The molecule has 0 saturated heterocycles. The van der Waals surface area contributed by atoms with E-state index in [-0.39, 0.29) is 30.0 Å². The topological polar surface area (TPSA) is 148 Å². The van der Waals surface area contributed by atoms with E-state index in [4.69, 9.17) is 14.5 Å². The average molecular weight is 623 g/mol. The van der Waals surface area contributed by atoms with E-state index >= 15 is 0 Å². The lowest BCUT2D eigenvalue weighted by Crippen LogP contribution is -2.26. The van der Waals surface area contributed by atoms with Gasteiger partial charge in [0.2, 0.25) is 5.75 Å². The number of aromatic nitrogens is 2. The predicted octanol–water partition coefficient (Wildman–Crippen LogP) is 5.80. The molecule has 0 atom stereocenters. The van der Waals surface area contributed by atoms with Gasteiger partial charge in [0.1, 0.15) is 5.82 Å². The number of phenols is 1. The van der Waals surface area contributed by atoms with Gasteiger partial charge in [-0.15, -0.1) is 0 Å². The highest BCUT2D eigenvalue weighted by Crippen LogP contribution is 2.42. The zero-order valence-electron chi connectivity index (χ0n) is 25.6. The quantitative estimate of drug-likeness (QED) is 0.100. The largest absolute Gasteiger partial charge is 0.502 e. The number of H-pyrrole nitrogens is 1. The molecule has 1 heterocycles. The van der Waals surface area contributed by atoms with Gasteiger partial charge in [-0.25, -0.2) is 4.98 Å². The van der Waals surface area contributed by atoms with E-state index in [2.05, 4.69) is 23.7 Å². The van der Waals surface area contributed by atoms with Crippen LogP contribution < -0.4 is 19.3 Å². The average Bonchev–Trinajstić information content (AvgIpc) is 3.47. The minimum Gasteiger partial charge on any atom is -0.502 e. The van der Waals surface area contributed by atoms with Gasteiger partial charge < -0.3 is 39.2 Å². The molecule has 0 aliphatic carbocycles. The lowest BCUT2D eigenvalue weighted by Gasteiger charge is -2.24. The number of carbonyl (C=O) groups is 1. The van der Waals surface area contributed by atoms with E-state index < -0.39 is 7.60 Å². The molecular formula is C32H39N4O7P. The Morgan fingerprint density at radius 3 is 1.98 bits per heavy atom. The molecule has 0 radical (unpaired) electrons. The van der Waals surface area contributed by atoms with Gasteiger partial charge in [0, 0.05) is 59.8 Å². The molecule has 0 fully saturated rings. The molecule has 4 N–H and O–H groups in total. The van der Waals surface area contributed by atoms with Gasteiger partial charge in [0.25, 0.3) is 0 Å². The monoisotopic (exact) mass is 622 g/mol. The van der Waals surface area contributed by atoms with Crippen molar-refractivity contribution in [2.75, 3.05) is 56.4 Å². The summed E-state index contributed by atoms with van der Waals surface area (Å²) in [5.41, 5.74) is 5.39. The van der Waals surface area contributed by atoms with E-state index in [0.717, 1.165) is 30.6 Å². The third kappa shape index (κ3) is 7.07. The van der Waals surface area contributed by atoms with Crippen LogP contribution in [0.4, 0.5) is 11.4 Å². The van der Waals surface area contributed by atoms with Crippen LogP contribution in [0.25, 0.3) is 33.9 Å². The number of nitrogens with zero attached hydrogens (tertiary/aromatic N) is 3. The number of aromatic hydroxyl groups is 1. The van der Waals surface area contributed by atoms with E-state index in [1.807, 2.05) is 48.2 Å². The minimum absolute atomic E-state index is 0.129. The Morgan fingerprint density at radius 1 is 0.864 bits per heavy atom. The van der Waals surface area contributed by atoms with E-state index in [1.54, 1.807) is 18.2 Å². The SMILES string of the molecule is CCN(CC)c1ccc(-c2nc(-c3cc(OC)c(O)c(OC)c3)[nH]c2-c2ccc(N(CC)CCP(=O)(O)O)cc2C=O)cc1. The Hall–Kier alpha value is -4.31. The normalized spacial score (nSPS) is 11.3. The van der Waals surface area contributed by atoms with Crippen LogP contribution in [-0.4, -0.2) is 77.7 Å². The van der Waals surface area contributed by atoms with Gasteiger partial charge in [-0.2, -0.15) is 0 Å². The molecule has 0 amide bonds. The van der Waals surface area contributed by atoms with Crippen molar-refractivity contribution in [1.82, 2.24) is 9.97 Å². The number of aldehydes is 1. The number of carbonyl (C=O) groups excluding carboxylic acids is 1. The van der Waals surface area contributed by atoms with Gasteiger partial charge >= 0.3 is 7.60 Å². The Balaban J connectivity index is 1.88. The number of benzene rings is 3. The number of ether oxygens (including phenoxy) is 2. The van der Waals surface area contributed by atoms with Crippen LogP contribution in [0.15, 0.2) is 54.6 Å². The van der Waals surface area contributed by atoms with E-state index in [9.17, 15) is 24.3 Å². The molecular weight excluding hydrogens is 583 g/mol. The molecule has 4 aromatic rings. The lowest BCUT2D eigenvalue weighted by molar-refractivity contribution is 0.112. The van der Waals surface area contributed by atoms with Crippen molar-refractivity contribution in [1.29, 1.82) is 0 Å². The van der Waals surface area contributed by atoms with Crippen LogP contribution in [0.2, 0.25) is 0 Å². The maximum Gasteiger partial charge on any atom is 0.327 e. The molecule has 0 spiro atoms. The molecule has 12 heteroatoms. The number of methoxy groups -OCH3 is 2. The van der Waals surface area contributed by atoms with Crippen molar-refractivity contribution in [2.24, 2.45) is 0 Å². The van der Waals surface area contributed by atoms with Gasteiger partial charge in [0.05, 0.1) is 31.8 Å². The first-order valence-electron chi connectivity index (χ1n) is 14.4. The van der Waals surface area contributed by atoms with Crippen molar-refractivity contribution in [3.05, 3.63) is 60.2 Å². The summed E-state index contributed by atoms with van der Waals surface area (Å²) < 4.78 is 22.2. The highest BCUT2D eigenvalue weighted by atomic mass is 31.2. The molecule has 1 aromatic heterocycles. The first kappa shape index (κ1) is 32.6. The van der Waals surface area contributed by atoms with Gasteiger partial charge in [-0.05, 0) is 57.2 Å². The lowest BCUT2D eigenvalue weighted by atomic mass is 9.99. The molecule has 44 heavy (non-hydrogen) atoms. The summed E-state index contributed by atoms with van der Waals surface area (Å²) in [5.74, 6) is 0.777. The molecule has 0 bridgehead atoms. The smallest absolute Gasteiger partial charge is 0.327 e. The second-order valence-corrected chi connectivity index (χ2v) is 11.9. The summed E-state index contributed by atoms with van der Waals surface area (Å²) in [5, 5.41) is 10.5. The second kappa shape index (κ2) is 14.0. The second-order valence-electron chi connectivity index (χ2n) is 10.1. The van der Waals surface area contributed by atoms with Crippen molar-refractivity contribution in [3.63, 3.8) is 0 Å². The fourth-order valence-corrected chi connectivity index (χ4v) is 5.66. The van der Waals surface area contributed by atoms with Gasteiger partial charge in [-0.1, -0.05) is 18.2 Å². The molecule has 0 saturated carbocycles. The number of anilines is 2. The molecule has 234 valence electrons. The number of nitrogens with one attached hydrogen (secondary N) is 1. The van der Waals surface area contributed by atoms with Crippen molar-refractivity contribution in [2.45, 2.75) is 20.8 Å². The van der Waals surface area contributed by atoms with Crippen LogP contribution in [0.1, 0.15) is 31.1 Å². The fraction of sp³-hybridized carbons (Fsp3) is 0.312. The van der Waals surface area contributed by atoms with Gasteiger partial charge in [0.15, 0.2) is 17.8 Å². The Bertz CT molecular complexity index is 1620. The zero-order valence-corrected chi connectivity index (χ0v) is 26.5. The van der Waals surface area contributed by atoms with Crippen molar-refractivity contribution >= 4 is 25.3 Å². The Kier molecular flexibility index (Phi) is 10.4.